The summed E-state index contributed by atoms with van der Waals surface area (Å²) in [6, 6.07) is 22.4. The van der Waals surface area contributed by atoms with E-state index in [0.29, 0.717) is 28.9 Å². The maximum Gasteiger partial charge on any atom is 0.251 e. The summed E-state index contributed by atoms with van der Waals surface area (Å²) in [6.07, 6.45) is 2.53. The lowest BCUT2D eigenvalue weighted by Crippen LogP contribution is -2.47. The summed E-state index contributed by atoms with van der Waals surface area (Å²) < 4.78 is 22.6. The van der Waals surface area contributed by atoms with E-state index in [2.05, 4.69) is 77.8 Å². The van der Waals surface area contributed by atoms with Gasteiger partial charge in [0, 0.05) is 88.3 Å². The Hall–Kier alpha value is -4.01. The number of amides is 1. The molecule has 4 atom stereocenters. The average Bonchev–Trinajstić information content (AvgIpc) is 3.89. The number of hydrogen-bond donors (Lipinski definition) is 2. The number of fused-ring (bicyclic) bond motifs is 3. The fourth-order valence-electron chi connectivity index (χ4n) is 8.12. The molecule has 2 aromatic heterocycles. The largest absolute Gasteiger partial charge is 0.454 e. The van der Waals surface area contributed by atoms with Crippen molar-refractivity contribution >= 4 is 60.8 Å². The maximum atomic E-state index is 12.5. The van der Waals surface area contributed by atoms with Gasteiger partial charge in [0.05, 0.1) is 9.40 Å². The first-order chi connectivity index (χ1) is 26.1. The molecule has 2 saturated heterocycles. The fourth-order valence-corrected chi connectivity index (χ4v) is 9.71. The third-order valence-corrected chi connectivity index (χ3v) is 13.3. The summed E-state index contributed by atoms with van der Waals surface area (Å²) in [6.45, 7) is 12.9. The van der Waals surface area contributed by atoms with Gasteiger partial charge in [-0.1, -0.05) is 24.3 Å². The standard InChI is InChI=1S/C24H26N4O3S.C16H22N4S/c29-24(16-5-6-20-21(12-16)31-15-30-20)25-13-17-11-18(17)14-27-7-9-28(10-8-27)23-19-3-1-2-4-22(19)32-26-23;17-10-12-9-13(12)11-19-5-7-20(8-6-19)16-14-3-1-2-4-15(14)21-18-16/h1-6,12,17-18H,7-11,13-15H2,(H,25,29);1-4,12-13H,5-11,17H2/t17-,18-;12-,13-/m11/s1. The van der Waals surface area contributed by atoms with Crippen LogP contribution >= 0.6 is 23.1 Å². The van der Waals surface area contributed by atoms with Gasteiger partial charge in [-0.25, -0.2) is 0 Å². The van der Waals surface area contributed by atoms with E-state index in [-0.39, 0.29) is 12.7 Å². The number of carbonyl (C=O) groups is 1. The van der Waals surface area contributed by atoms with Gasteiger partial charge in [-0.05, 0) is 109 Å². The van der Waals surface area contributed by atoms with Gasteiger partial charge in [0.25, 0.3) is 5.91 Å². The molecule has 13 heteroatoms. The van der Waals surface area contributed by atoms with Crippen molar-refractivity contribution in [2.24, 2.45) is 29.4 Å². The molecule has 0 radical (unpaired) electrons. The highest BCUT2D eigenvalue weighted by Gasteiger charge is 2.39. The van der Waals surface area contributed by atoms with Crippen molar-refractivity contribution in [3.8, 4) is 11.5 Å². The van der Waals surface area contributed by atoms with Gasteiger partial charge in [0.1, 0.15) is 11.6 Å². The Morgan fingerprint density at radius 1 is 0.698 bits per heavy atom. The molecule has 278 valence electrons. The van der Waals surface area contributed by atoms with Gasteiger partial charge in [-0.15, -0.1) is 0 Å². The summed E-state index contributed by atoms with van der Waals surface area (Å²) in [5.74, 6) is 6.54. The second kappa shape index (κ2) is 15.4. The van der Waals surface area contributed by atoms with Crippen molar-refractivity contribution in [2.75, 3.05) is 95.1 Å². The van der Waals surface area contributed by atoms with Gasteiger partial charge in [0.2, 0.25) is 6.79 Å². The predicted octanol–water partition coefficient (Wildman–Crippen LogP) is 5.23. The van der Waals surface area contributed by atoms with Gasteiger partial charge < -0.3 is 30.3 Å². The minimum atomic E-state index is -0.0435. The van der Waals surface area contributed by atoms with Gasteiger partial charge in [-0.3, -0.25) is 14.6 Å². The third kappa shape index (κ3) is 7.81. The molecule has 53 heavy (non-hydrogen) atoms. The first-order valence-electron chi connectivity index (χ1n) is 19.1. The van der Waals surface area contributed by atoms with Crippen molar-refractivity contribution in [3.05, 3.63) is 72.3 Å². The zero-order valence-electron chi connectivity index (χ0n) is 30.1. The van der Waals surface area contributed by atoms with E-state index in [1.54, 1.807) is 41.3 Å². The summed E-state index contributed by atoms with van der Waals surface area (Å²) in [5, 5.41) is 5.67. The monoisotopic (exact) mass is 752 g/mol. The Balaban J connectivity index is 0.000000153. The molecule has 5 aliphatic rings. The molecule has 3 aliphatic heterocycles. The predicted molar refractivity (Wildman–Crippen MR) is 214 cm³/mol. The lowest BCUT2D eigenvalue weighted by Gasteiger charge is -2.35. The van der Waals surface area contributed by atoms with Crippen LogP contribution in [0.2, 0.25) is 0 Å². The van der Waals surface area contributed by atoms with E-state index in [1.165, 1.54) is 45.4 Å². The molecule has 0 bridgehead atoms. The van der Waals surface area contributed by atoms with Gasteiger partial charge in [0.15, 0.2) is 11.5 Å². The molecule has 0 unspecified atom stereocenters. The molecule has 0 spiro atoms. The number of nitrogens with zero attached hydrogens (tertiary/aromatic N) is 6. The van der Waals surface area contributed by atoms with Gasteiger partial charge >= 0.3 is 0 Å². The summed E-state index contributed by atoms with van der Waals surface area (Å²) in [7, 11) is 0. The first kappa shape index (κ1) is 34.7. The fraction of sp³-hybridized carbons (Fsp3) is 0.475. The molecule has 5 aromatic rings. The van der Waals surface area contributed by atoms with Gasteiger partial charge in [-0.2, -0.15) is 8.75 Å². The molecule has 3 aromatic carbocycles. The van der Waals surface area contributed by atoms with Crippen molar-refractivity contribution in [1.29, 1.82) is 0 Å². The number of rotatable bonds is 10. The highest BCUT2D eigenvalue weighted by Crippen LogP contribution is 2.40. The van der Waals surface area contributed by atoms with Crippen LogP contribution in [0.15, 0.2) is 66.7 Å². The molecule has 5 heterocycles. The van der Waals surface area contributed by atoms with Crippen molar-refractivity contribution in [1.82, 2.24) is 23.9 Å². The molecule has 11 nitrogen and oxygen atoms in total. The van der Waals surface area contributed by atoms with Crippen LogP contribution in [0.5, 0.6) is 11.5 Å². The van der Waals surface area contributed by atoms with E-state index >= 15 is 0 Å². The van der Waals surface area contributed by atoms with E-state index in [4.69, 9.17) is 19.6 Å². The molecule has 2 aliphatic carbocycles. The van der Waals surface area contributed by atoms with Crippen LogP contribution in [0.25, 0.3) is 20.2 Å². The number of ether oxygens (including phenoxy) is 2. The molecule has 4 fully saturated rings. The smallest absolute Gasteiger partial charge is 0.251 e. The average molecular weight is 753 g/mol. The Morgan fingerprint density at radius 2 is 1.25 bits per heavy atom. The number of nitrogens with one attached hydrogen (secondary N) is 1. The minimum Gasteiger partial charge on any atom is -0.454 e. The Labute approximate surface area is 319 Å². The van der Waals surface area contributed by atoms with Crippen LogP contribution in [0.3, 0.4) is 0 Å². The maximum absolute atomic E-state index is 12.5. The van der Waals surface area contributed by atoms with E-state index in [9.17, 15) is 4.79 Å². The Morgan fingerprint density at radius 3 is 1.83 bits per heavy atom. The van der Waals surface area contributed by atoms with E-state index in [1.807, 2.05) is 0 Å². The third-order valence-electron chi connectivity index (χ3n) is 11.6. The quantitative estimate of drug-likeness (QED) is 0.197. The number of benzene rings is 3. The molecule has 10 rings (SSSR count). The Bertz CT molecular complexity index is 2040. The normalized spacial score (nSPS) is 23.9. The van der Waals surface area contributed by atoms with Crippen LogP contribution in [0.1, 0.15) is 23.2 Å². The zero-order valence-corrected chi connectivity index (χ0v) is 31.7. The summed E-state index contributed by atoms with van der Waals surface area (Å²) >= 11 is 3.20. The van der Waals surface area contributed by atoms with Crippen LogP contribution in [0, 0.1) is 23.7 Å². The Kier molecular flexibility index (Phi) is 10.1. The zero-order chi connectivity index (χ0) is 35.7. The van der Waals surface area contributed by atoms with Crippen LogP contribution < -0.4 is 30.3 Å². The summed E-state index contributed by atoms with van der Waals surface area (Å²) in [4.78, 5) is 22.5. The number of hydrogen-bond acceptors (Lipinski definition) is 12. The van der Waals surface area contributed by atoms with Crippen LogP contribution in [-0.4, -0.2) is 110 Å². The highest BCUT2D eigenvalue weighted by atomic mass is 32.1. The van der Waals surface area contributed by atoms with Crippen molar-refractivity contribution in [2.45, 2.75) is 12.8 Å². The highest BCUT2D eigenvalue weighted by molar-refractivity contribution is 7.14. The second-order valence-corrected chi connectivity index (χ2v) is 16.7. The topological polar surface area (TPSA) is 112 Å². The number of piperazine rings is 2. The number of carbonyl (C=O) groups excluding carboxylic acids is 1. The van der Waals surface area contributed by atoms with E-state index < -0.39 is 0 Å². The number of anilines is 2. The lowest BCUT2D eigenvalue weighted by atomic mass is 10.2. The molecular weight excluding hydrogens is 705 g/mol. The van der Waals surface area contributed by atoms with E-state index in [0.717, 1.165) is 89.6 Å². The van der Waals surface area contributed by atoms with Crippen LogP contribution in [-0.2, 0) is 0 Å². The first-order valence-corrected chi connectivity index (χ1v) is 20.7. The number of aromatic nitrogens is 2. The minimum absolute atomic E-state index is 0.0435. The SMILES string of the molecule is NC[C@H]1C[C@@H]1CN1CCN(c2nsc3ccccc23)CC1.O=C(NC[C@H]1C[C@@H]1CN1CCN(c2nsc3ccccc23)CC1)c1ccc2c(c1)OCO2. The molecular formula is C40H48N8O3S2. The lowest BCUT2D eigenvalue weighted by molar-refractivity contribution is 0.0950. The second-order valence-electron chi connectivity index (χ2n) is 15.1. The molecule has 1 amide bonds. The molecule has 3 N–H and O–H groups in total. The van der Waals surface area contributed by atoms with Crippen molar-refractivity contribution < 1.29 is 14.3 Å². The number of nitrogens with two attached hydrogens (primary N) is 1. The van der Waals surface area contributed by atoms with Crippen LogP contribution in [0.4, 0.5) is 11.6 Å². The summed E-state index contributed by atoms with van der Waals surface area (Å²) in [5.41, 5.74) is 6.36. The molecule has 2 saturated carbocycles. The van der Waals surface area contributed by atoms with Crippen molar-refractivity contribution in [3.63, 3.8) is 0 Å².